The number of aldehydes is 1. The minimum atomic E-state index is -0.260. The molecule has 0 aromatic heterocycles. The lowest BCUT2D eigenvalue weighted by Crippen LogP contribution is -1.82. The molecule has 2 rings (SSSR count). The fourth-order valence-electron chi connectivity index (χ4n) is 1.31. The Morgan fingerprint density at radius 1 is 1.06 bits per heavy atom. The minimum Gasteiger partial charge on any atom is -0.298 e. The second-order valence-corrected chi connectivity index (χ2v) is 4.91. The van der Waals surface area contributed by atoms with E-state index in [0.717, 1.165) is 9.79 Å². The van der Waals surface area contributed by atoms with Crippen LogP contribution in [0.2, 0.25) is 5.02 Å². The molecule has 0 fully saturated rings. The highest BCUT2D eigenvalue weighted by atomic mass is 35.5. The lowest BCUT2D eigenvalue weighted by molar-refractivity contribution is 0.112. The number of hydrogen-bond acceptors (Lipinski definition) is 2. The Kier molecular flexibility index (Phi) is 3.82. The standard InChI is InChI=1S/C13H8ClFOS/c14-13-7-12(4-1-9(13)8-16)17-11-5-2-10(15)3-6-11/h1-8H. The first kappa shape index (κ1) is 12.1. The molecule has 0 aliphatic carbocycles. The van der Waals surface area contributed by atoms with Crippen LogP contribution in [0.25, 0.3) is 0 Å². The Morgan fingerprint density at radius 3 is 2.29 bits per heavy atom. The van der Waals surface area contributed by atoms with Gasteiger partial charge in [0, 0.05) is 15.4 Å². The van der Waals surface area contributed by atoms with Crippen molar-refractivity contribution < 1.29 is 9.18 Å². The quantitative estimate of drug-likeness (QED) is 0.764. The summed E-state index contributed by atoms with van der Waals surface area (Å²) in [5.41, 5.74) is 0.468. The van der Waals surface area contributed by atoms with Crippen LogP contribution in [0.1, 0.15) is 10.4 Å². The smallest absolute Gasteiger partial charge is 0.151 e. The summed E-state index contributed by atoms with van der Waals surface area (Å²) < 4.78 is 12.7. The molecule has 86 valence electrons. The van der Waals surface area contributed by atoms with Gasteiger partial charge in [0.2, 0.25) is 0 Å². The van der Waals surface area contributed by atoms with Crippen LogP contribution >= 0.6 is 23.4 Å². The van der Waals surface area contributed by atoms with Crippen molar-refractivity contribution in [3.8, 4) is 0 Å². The summed E-state index contributed by atoms with van der Waals surface area (Å²) in [5.74, 6) is -0.260. The molecule has 1 nitrogen and oxygen atoms in total. The Hall–Kier alpha value is -1.32. The van der Waals surface area contributed by atoms with Crippen molar-refractivity contribution in [2.24, 2.45) is 0 Å². The molecule has 0 aliphatic rings. The van der Waals surface area contributed by atoms with E-state index in [4.69, 9.17) is 11.6 Å². The summed E-state index contributed by atoms with van der Waals surface area (Å²) >= 11 is 7.38. The maximum absolute atomic E-state index is 12.7. The van der Waals surface area contributed by atoms with Gasteiger partial charge in [-0.1, -0.05) is 23.4 Å². The third-order valence-corrected chi connectivity index (χ3v) is 3.47. The maximum atomic E-state index is 12.7. The first-order valence-electron chi connectivity index (χ1n) is 4.87. The molecule has 0 unspecified atom stereocenters. The lowest BCUT2D eigenvalue weighted by atomic mass is 10.2. The summed E-state index contributed by atoms with van der Waals surface area (Å²) in [5, 5.41) is 0.423. The Balaban J connectivity index is 2.21. The van der Waals surface area contributed by atoms with Crippen molar-refractivity contribution in [3.05, 3.63) is 58.9 Å². The largest absolute Gasteiger partial charge is 0.298 e. The van der Waals surface area contributed by atoms with E-state index in [1.165, 1.54) is 23.9 Å². The van der Waals surface area contributed by atoms with Crippen LogP contribution in [0.3, 0.4) is 0 Å². The molecular formula is C13H8ClFOS. The number of halogens is 2. The molecule has 0 saturated carbocycles. The van der Waals surface area contributed by atoms with Crippen LogP contribution in [0.4, 0.5) is 4.39 Å². The average Bonchev–Trinajstić information content (AvgIpc) is 2.32. The normalized spacial score (nSPS) is 10.2. The van der Waals surface area contributed by atoms with Gasteiger partial charge in [0.05, 0.1) is 5.02 Å². The molecule has 0 spiro atoms. The molecule has 2 aromatic rings. The first-order chi connectivity index (χ1) is 8.19. The number of carbonyl (C=O) groups is 1. The molecule has 0 amide bonds. The minimum absolute atomic E-state index is 0.260. The van der Waals surface area contributed by atoms with E-state index in [0.29, 0.717) is 16.9 Å². The highest BCUT2D eigenvalue weighted by molar-refractivity contribution is 7.99. The van der Waals surface area contributed by atoms with E-state index in [2.05, 4.69) is 0 Å². The van der Waals surface area contributed by atoms with Gasteiger partial charge >= 0.3 is 0 Å². The summed E-state index contributed by atoms with van der Waals surface area (Å²) in [4.78, 5) is 12.4. The fraction of sp³-hybridized carbons (Fsp3) is 0. The molecule has 0 radical (unpaired) electrons. The molecular weight excluding hydrogens is 259 g/mol. The predicted octanol–water partition coefficient (Wildman–Crippen LogP) is 4.44. The third kappa shape index (κ3) is 3.08. The van der Waals surface area contributed by atoms with E-state index < -0.39 is 0 Å². The van der Waals surface area contributed by atoms with E-state index in [-0.39, 0.29) is 5.82 Å². The number of hydrogen-bond donors (Lipinski definition) is 0. The average molecular weight is 267 g/mol. The topological polar surface area (TPSA) is 17.1 Å². The van der Waals surface area contributed by atoms with Gasteiger partial charge in [0.15, 0.2) is 6.29 Å². The van der Waals surface area contributed by atoms with Crippen LogP contribution in [-0.4, -0.2) is 6.29 Å². The third-order valence-electron chi connectivity index (χ3n) is 2.15. The van der Waals surface area contributed by atoms with Gasteiger partial charge in [-0.3, -0.25) is 4.79 Å². The highest BCUT2D eigenvalue weighted by Gasteiger charge is 2.02. The number of carbonyl (C=O) groups excluding carboxylic acids is 1. The van der Waals surface area contributed by atoms with Gasteiger partial charge in [0.25, 0.3) is 0 Å². The van der Waals surface area contributed by atoms with Crippen molar-refractivity contribution in [1.29, 1.82) is 0 Å². The van der Waals surface area contributed by atoms with Gasteiger partial charge in [-0.15, -0.1) is 0 Å². The molecule has 0 saturated heterocycles. The van der Waals surface area contributed by atoms with Gasteiger partial charge < -0.3 is 0 Å². The first-order valence-corrected chi connectivity index (χ1v) is 6.06. The summed E-state index contributed by atoms with van der Waals surface area (Å²) in [6.07, 6.45) is 0.717. The van der Waals surface area contributed by atoms with Crippen LogP contribution in [-0.2, 0) is 0 Å². The van der Waals surface area contributed by atoms with Crippen molar-refractivity contribution in [3.63, 3.8) is 0 Å². The SMILES string of the molecule is O=Cc1ccc(Sc2ccc(F)cc2)cc1Cl. The molecule has 17 heavy (non-hydrogen) atoms. The lowest BCUT2D eigenvalue weighted by Gasteiger charge is -2.03. The zero-order chi connectivity index (χ0) is 12.3. The van der Waals surface area contributed by atoms with E-state index in [9.17, 15) is 9.18 Å². The van der Waals surface area contributed by atoms with E-state index in [1.807, 2.05) is 6.07 Å². The Labute approximate surface area is 108 Å². The number of rotatable bonds is 3. The van der Waals surface area contributed by atoms with Crippen LogP contribution in [0, 0.1) is 5.82 Å². The number of benzene rings is 2. The molecule has 0 heterocycles. The molecule has 0 aliphatic heterocycles. The fourth-order valence-corrected chi connectivity index (χ4v) is 2.45. The van der Waals surface area contributed by atoms with Crippen molar-refractivity contribution in [2.45, 2.75) is 9.79 Å². The molecule has 2 aromatic carbocycles. The Morgan fingerprint density at radius 2 is 1.71 bits per heavy atom. The zero-order valence-electron chi connectivity index (χ0n) is 8.69. The monoisotopic (exact) mass is 266 g/mol. The van der Waals surface area contributed by atoms with Gasteiger partial charge in [-0.05, 0) is 42.5 Å². The van der Waals surface area contributed by atoms with Crippen molar-refractivity contribution in [2.75, 3.05) is 0 Å². The second-order valence-electron chi connectivity index (χ2n) is 3.36. The van der Waals surface area contributed by atoms with Crippen LogP contribution in [0.5, 0.6) is 0 Å². The van der Waals surface area contributed by atoms with Gasteiger partial charge in [-0.2, -0.15) is 0 Å². The molecule has 0 atom stereocenters. The van der Waals surface area contributed by atoms with Gasteiger partial charge in [-0.25, -0.2) is 4.39 Å². The van der Waals surface area contributed by atoms with Crippen LogP contribution in [0.15, 0.2) is 52.3 Å². The van der Waals surface area contributed by atoms with Crippen molar-refractivity contribution in [1.82, 2.24) is 0 Å². The van der Waals surface area contributed by atoms with E-state index in [1.54, 1.807) is 24.3 Å². The summed E-state index contributed by atoms with van der Waals surface area (Å²) in [6, 6.07) is 11.4. The molecule has 0 bridgehead atoms. The second kappa shape index (κ2) is 5.34. The maximum Gasteiger partial charge on any atom is 0.151 e. The molecule has 4 heteroatoms. The highest BCUT2D eigenvalue weighted by Crippen LogP contribution is 2.30. The summed E-state index contributed by atoms with van der Waals surface area (Å²) in [6.45, 7) is 0. The Bertz CT molecular complexity index is 540. The van der Waals surface area contributed by atoms with Crippen LogP contribution < -0.4 is 0 Å². The van der Waals surface area contributed by atoms with Gasteiger partial charge in [0.1, 0.15) is 5.82 Å². The molecule has 0 N–H and O–H groups in total. The van der Waals surface area contributed by atoms with Crippen molar-refractivity contribution >= 4 is 29.6 Å². The zero-order valence-corrected chi connectivity index (χ0v) is 10.3. The predicted molar refractivity (Wildman–Crippen MR) is 67.4 cm³/mol. The van der Waals surface area contributed by atoms with E-state index >= 15 is 0 Å². The summed E-state index contributed by atoms with van der Waals surface area (Å²) in [7, 11) is 0.